The van der Waals surface area contributed by atoms with Crippen LogP contribution < -0.4 is 0 Å². The van der Waals surface area contributed by atoms with Crippen LogP contribution in [-0.4, -0.2) is 33.0 Å². The molecule has 1 aliphatic rings. The Hall–Kier alpha value is -1.88. The van der Waals surface area contributed by atoms with Crippen molar-refractivity contribution in [3.8, 4) is 0 Å². The lowest BCUT2D eigenvalue weighted by Crippen LogP contribution is -2.53. The van der Waals surface area contributed by atoms with E-state index in [4.69, 9.17) is 0 Å². The molecule has 1 N–H and O–H groups in total. The van der Waals surface area contributed by atoms with Crippen molar-refractivity contribution >= 4 is 17.3 Å². The molecule has 1 saturated carbocycles. The summed E-state index contributed by atoms with van der Waals surface area (Å²) >= 11 is 0. The summed E-state index contributed by atoms with van der Waals surface area (Å²) in [5.74, 6) is -3.19. The van der Waals surface area contributed by atoms with Gasteiger partial charge in [0.2, 0.25) is 0 Å². The van der Waals surface area contributed by atoms with Crippen LogP contribution in [0.4, 0.5) is 0 Å². The van der Waals surface area contributed by atoms with Gasteiger partial charge in [-0.1, -0.05) is 6.07 Å². The summed E-state index contributed by atoms with van der Waals surface area (Å²) in [7, 11) is 0. The van der Waals surface area contributed by atoms with Crippen LogP contribution in [0.25, 0.3) is 0 Å². The molecule has 2 rings (SSSR count). The number of carbonyl (C=O) groups is 3. The fraction of sp³-hybridized carbons (Fsp3) is 0.500. The molecule has 1 aromatic heterocycles. The Bertz CT molecular complexity index is 579. The molecule has 1 fully saturated rings. The number of rotatable bonds is 3. The topological polar surface area (TPSA) is 84.3 Å². The van der Waals surface area contributed by atoms with Gasteiger partial charge < -0.3 is 5.11 Å². The van der Waals surface area contributed by atoms with Crippen molar-refractivity contribution in [1.82, 2.24) is 4.98 Å². The summed E-state index contributed by atoms with van der Waals surface area (Å²) in [5.41, 5.74) is -0.818. The van der Waals surface area contributed by atoms with Gasteiger partial charge >= 0.3 is 0 Å². The summed E-state index contributed by atoms with van der Waals surface area (Å²) in [5, 5.41) is 10.5. The number of carbonyl (C=O) groups excluding carboxylic acids is 3. The quantitative estimate of drug-likeness (QED) is 0.848. The average Bonchev–Trinajstić information content (AvgIpc) is 2.36. The SMILES string of the molecule is CC(=O)[C@@H]1C(=O)C[C@](C)(O)[C@H](C(C)=O)[C@H]1c1cccnc1. The van der Waals surface area contributed by atoms with E-state index in [9.17, 15) is 19.5 Å². The highest BCUT2D eigenvalue weighted by molar-refractivity contribution is 6.05. The molecule has 112 valence electrons. The monoisotopic (exact) mass is 289 g/mol. The maximum absolute atomic E-state index is 12.3. The Kier molecular flexibility index (Phi) is 4.05. The van der Waals surface area contributed by atoms with Crippen molar-refractivity contribution in [2.24, 2.45) is 11.8 Å². The molecule has 0 aromatic carbocycles. The van der Waals surface area contributed by atoms with Crippen LogP contribution in [0.2, 0.25) is 0 Å². The van der Waals surface area contributed by atoms with Crippen molar-refractivity contribution in [3.63, 3.8) is 0 Å². The van der Waals surface area contributed by atoms with E-state index in [1.807, 2.05) is 0 Å². The van der Waals surface area contributed by atoms with Crippen LogP contribution >= 0.6 is 0 Å². The first-order valence-electron chi connectivity index (χ1n) is 6.91. The third-order valence-electron chi connectivity index (χ3n) is 4.21. The maximum atomic E-state index is 12.3. The molecule has 0 spiro atoms. The second-order valence-electron chi connectivity index (χ2n) is 5.99. The Morgan fingerprint density at radius 3 is 2.48 bits per heavy atom. The van der Waals surface area contributed by atoms with E-state index < -0.39 is 23.4 Å². The number of ketones is 3. The molecule has 0 aliphatic heterocycles. The Labute approximate surface area is 123 Å². The highest BCUT2D eigenvalue weighted by atomic mass is 16.3. The van der Waals surface area contributed by atoms with Gasteiger partial charge in [0.15, 0.2) is 0 Å². The second-order valence-corrected chi connectivity index (χ2v) is 5.99. The highest BCUT2D eigenvalue weighted by Gasteiger charge is 2.53. The fourth-order valence-electron chi connectivity index (χ4n) is 3.48. The summed E-state index contributed by atoms with van der Waals surface area (Å²) in [6.07, 6.45) is 2.95. The molecule has 1 heterocycles. The highest BCUT2D eigenvalue weighted by Crippen LogP contribution is 2.46. The predicted molar refractivity (Wildman–Crippen MR) is 75.6 cm³/mol. The van der Waals surface area contributed by atoms with Crippen molar-refractivity contribution in [2.45, 2.75) is 38.7 Å². The zero-order valence-corrected chi connectivity index (χ0v) is 12.4. The standard InChI is InChI=1S/C16H19NO4/c1-9(18)13-12(20)7-16(3,21)15(10(2)19)14(13)11-5-4-6-17-8-11/h4-6,8,13-15,21H,7H2,1-3H3/t13-,14+,15-,16+/m1/s1. The second kappa shape index (κ2) is 5.48. The molecule has 0 saturated heterocycles. The van der Waals surface area contributed by atoms with E-state index in [2.05, 4.69) is 4.98 Å². The van der Waals surface area contributed by atoms with Crippen molar-refractivity contribution < 1.29 is 19.5 Å². The molecule has 0 amide bonds. The molecular formula is C16H19NO4. The molecule has 0 radical (unpaired) electrons. The Morgan fingerprint density at radius 2 is 2.00 bits per heavy atom. The number of aromatic nitrogens is 1. The Balaban J connectivity index is 2.61. The van der Waals surface area contributed by atoms with Crippen molar-refractivity contribution in [2.75, 3.05) is 0 Å². The smallest absolute Gasteiger partial charge is 0.146 e. The van der Waals surface area contributed by atoms with E-state index in [1.165, 1.54) is 20.8 Å². The van der Waals surface area contributed by atoms with E-state index in [0.29, 0.717) is 5.56 Å². The molecule has 5 heteroatoms. The number of aliphatic hydroxyl groups is 1. The van der Waals surface area contributed by atoms with Crippen LogP contribution in [-0.2, 0) is 14.4 Å². The summed E-state index contributed by atoms with van der Waals surface area (Å²) < 4.78 is 0. The summed E-state index contributed by atoms with van der Waals surface area (Å²) in [6.45, 7) is 4.22. The summed E-state index contributed by atoms with van der Waals surface area (Å²) in [6, 6.07) is 3.43. The molecule has 0 unspecified atom stereocenters. The van der Waals surface area contributed by atoms with Crippen LogP contribution in [0.5, 0.6) is 0 Å². The maximum Gasteiger partial charge on any atom is 0.146 e. The molecule has 5 nitrogen and oxygen atoms in total. The van der Waals surface area contributed by atoms with Gasteiger partial charge in [-0.05, 0) is 32.4 Å². The molecule has 21 heavy (non-hydrogen) atoms. The third-order valence-corrected chi connectivity index (χ3v) is 4.21. The van der Waals surface area contributed by atoms with E-state index >= 15 is 0 Å². The van der Waals surface area contributed by atoms with Crippen LogP contribution in [0, 0.1) is 11.8 Å². The normalized spacial score (nSPS) is 32.8. The van der Waals surface area contributed by atoms with Gasteiger partial charge in [-0.3, -0.25) is 19.4 Å². The number of Topliss-reactive ketones (excluding diaryl/α,β-unsaturated/α-hetero) is 3. The van der Waals surface area contributed by atoms with Gasteiger partial charge in [-0.15, -0.1) is 0 Å². The van der Waals surface area contributed by atoms with Gasteiger partial charge in [-0.25, -0.2) is 0 Å². The predicted octanol–water partition coefficient (Wildman–Crippen LogP) is 1.30. The zero-order valence-electron chi connectivity index (χ0n) is 12.4. The first kappa shape index (κ1) is 15.5. The lowest BCUT2D eigenvalue weighted by molar-refractivity contribution is -0.151. The van der Waals surface area contributed by atoms with Gasteiger partial charge in [0.25, 0.3) is 0 Å². The van der Waals surface area contributed by atoms with Gasteiger partial charge in [-0.2, -0.15) is 0 Å². The number of nitrogens with zero attached hydrogens (tertiary/aromatic N) is 1. The van der Waals surface area contributed by atoms with Gasteiger partial charge in [0, 0.05) is 24.7 Å². The van der Waals surface area contributed by atoms with Gasteiger partial charge in [0.05, 0.1) is 17.4 Å². The molecule has 1 aliphatic carbocycles. The largest absolute Gasteiger partial charge is 0.389 e. The number of hydrogen-bond donors (Lipinski definition) is 1. The fourth-order valence-corrected chi connectivity index (χ4v) is 3.48. The number of hydrogen-bond acceptors (Lipinski definition) is 5. The van der Waals surface area contributed by atoms with Gasteiger partial charge in [0.1, 0.15) is 17.3 Å². The van der Waals surface area contributed by atoms with Crippen molar-refractivity contribution in [3.05, 3.63) is 30.1 Å². The lowest BCUT2D eigenvalue weighted by Gasteiger charge is -2.44. The summed E-state index contributed by atoms with van der Waals surface area (Å²) in [4.78, 5) is 40.3. The van der Waals surface area contributed by atoms with E-state index in [1.54, 1.807) is 24.5 Å². The molecule has 1 aromatic rings. The minimum absolute atomic E-state index is 0.182. The van der Waals surface area contributed by atoms with E-state index in [-0.39, 0.29) is 23.8 Å². The Morgan fingerprint density at radius 1 is 1.33 bits per heavy atom. The third kappa shape index (κ3) is 2.78. The molecular weight excluding hydrogens is 270 g/mol. The number of pyridine rings is 1. The zero-order chi connectivity index (χ0) is 15.8. The average molecular weight is 289 g/mol. The minimum atomic E-state index is -1.45. The minimum Gasteiger partial charge on any atom is -0.389 e. The van der Waals surface area contributed by atoms with Crippen LogP contribution in [0.3, 0.4) is 0 Å². The van der Waals surface area contributed by atoms with Crippen LogP contribution in [0.15, 0.2) is 24.5 Å². The lowest BCUT2D eigenvalue weighted by atomic mass is 9.60. The first-order valence-corrected chi connectivity index (χ1v) is 6.91. The molecule has 0 bridgehead atoms. The molecule has 4 atom stereocenters. The van der Waals surface area contributed by atoms with Crippen LogP contribution in [0.1, 0.15) is 38.7 Å². The van der Waals surface area contributed by atoms with E-state index in [0.717, 1.165) is 0 Å². The first-order chi connectivity index (χ1) is 9.75. The van der Waals surface area contributed by atoms with Crippen molar-refractivity contribution in [1.29, 1.82) is 0 Å².